The summed E-state index contributed by atoms with van der Waals surface area (Å²) < 4.78 is 15.3. The van der Waals surface area contributed by atoms with Crippen molar-refractivity contribution in [2.24, 2.45) is 0 Å². The van der Waals surface area contributed by atoms with Crippen molar-refractivity contribution in [2.75, 3.05) is 39.6 Å². The predicted octanol–water partition coefficient (Wildman–Crippen LogP) is 0.952. The Kier molecular flexibility index (Phi) is 11.9. The molecule has 0 aliphatic rings. The number of hydrogen-bond acceptors (Lipinski definition) is 4. The van der Waals surface area contributed by atoms with Gasteiger partial charge in [-0.15, -0.1) is 0 Å². The van der Waals surface area contributed by atoms with Gasteiger partial charge in [-0.05, 0) is 19.4 Å². The largest absolute Gasteiger partial charge is 0.502 e. The van der Waals surface area contributed by atoms with Gasteiger partial charge >= 0.3 is 0 Å². The third kappa shape index (κ3) is 11.4. The average Bonchev–Trinajstić information content (AvgIpc) is 2.21. The Morgan fingerprint density at radius 1 is 1.07 bits per heavy atom. The second-order valence-electron chi connectivity index (χ2n) is 2.56. The van der Waals surface area contributed by atoms with Crippen LogP contribution in [0.3, 0.4) is 0 Å². The summed E-state index contributed by atoms with van der Waals surface area (Å²) in [5.74, 6) is 0. The SMILES string of the molecule is CCO/C=C/CCOCCOCCO. The highest BCUT2D eigenvalue weighted by Crippen LogP contribution is 1.87. The lowest BCUT2D eigenvalue weighted by Crippen LogP contribution is -2.07. The minimum Gasteiger partial charge on any atom is -0.502 e. The maximum Gasteiger partial charge on any atom is 0.0845 e. The first-order chi connectivity index (χ1) is 6.91. The Balaban J connectivity index is 2.91. The van der Waals surface area contributed by atoms with Gasteiger partial charge < -0.3 is 19.3 Å². The summed E-state index contributed by atoms with van der Waals surface area (Å²) in [6.07, 6.45) is 4.46. The molecular weight excluding hydrogens is 184 g/mol. The van der Waals surface area contributed by atoms with Crippen LogP contribution in [0.4, 0.5) is 0 Å². The van der Waals surface area contributed by atoms with Gasteiger partial charge in [-0.2, -0.15) is 0 Å². The Morgan fingerprint density at radius 2 is 1.79 bits per heavy atom. The predicted molar refractivity (Wildman–Crippen MR) is 54.1 cm³/mol. The summed E-state index contributed by atoms with van der Waals surface area (Å²) in [4.78, 5) is 0. The molecule has 0 aliphatic heterocycles. The van der Waals surface area contributed by atoms with Gasteiger partial charge in [-0.25, -0.2) is 0 Å². The van der Waals surface area contributed by atoms with E-state index in [1.165, 1.54) is 0 Å². The fourth-order valence-electron chi connectivity index (χ4n) is 0.770. The molecule has 84 valence electrons. The molecule has 0 atom stereocenters. The lowest BCUT2D eigenvalue weighted by molar-refractivity contribution is 0.0344. The monoisotopic (exact) mass is 204 g/mol. The summed E-state index contributed by atoms with van der Waals surface area (Å²) >= 11 is 0. The van der Waals surface area contributed by atoms with E-state index >= 15 is 0 Å². The van der Waals surface area contributed by atoms with E-state index in [2.05, 4.69) is 0 Å². The van der Waals surface area contributed by atoms with Crippen molar-refractivity contribution in [2.45, 2.75) is 13.3 Å². The van der Waals surface area contributed by atoms with E-state index < -0.39 is 0 Å². The van der Waals surface area contributed by atoms with Crippen LogP contribution in [0.25, 0.3) is 0 Å². The quantitative estimate of drug-likeness (QED) is 0.425. The van der Waals surface area contributed by atoms with E-state index in [0.29, 0.717) is 33.0 Å². The van der Waals surface area contributed by atoms with Crippen LogP contribution < -0.4 is 0 Å². The van der Waals surface area contributed by atoms with Gasteiger partial charge in [0.1, 0.15) is 0 Å². The highest BCUT2D eigenvalue weighted by Gasteiger charge is 1.87. The molecule has 0 aromatic rings. The third-order valence-electron chi connectivity index (χ3n) is 1.40. The van der Waals surface area contributed by atoms with Crippen molar-refractivity contribution in [1.82, 2.24) is 0 Å². The molecule has 0 unspecified atom stereocenters. The van der Waals surface area contributed by atoms with E-state index in [9.17, 15) is 0 Å². The van der Waals surface area contributed by atoms with Crippen LogP contribution in [0.15, 0.2) is 12.3 Å². The van der Waals surface area contributed by atoms with Crippen molar-refractivity contribution in [3.05, 3.63) is 12.3 Å². The lowest BCUT2D eigenvalue weighted by atomic mass is 10.4. The minimum atomic E-state index is 0.0666. The molecule has 14 heavy (non-hydrogen) atoms. The first-order valence-electron chi connectivity index (χ1n) is 4.94. The summed E-state index contributed by atoms with van der Waals surface area (Å²) in [6.45, 7) is 4.88. The van der Waals surface area contributed by atoms with Crippen LogP contribution in [0.5, 0.6) is 0 Å². The molecule has 1 N–H and O–H groups in total. The van der Waals surface area contributed by atoms with Gasteiger partial charge in [0, 0.05) is 0 Å². The van der Waals surface area contributed by atoms with Gasteiger partial charge in [0.05, 0.1) is 45.9 Å². The van der Waals surface area contributed by atoms with Gasteiger partial charge in [-0.1, -0.05) is 0 Å². The molecular formula is C10H20O4. The first-order valence-corrected chi connectivity index (χ1v) is 4.94. The molecule has 0 aromatic heterocycles. The highest BCUT2D eigenvalue weighted by atomic mass is 16.5. The zero-order valence-corrected chi connectivity index (χ0v) is 8.78. The van der Waals surface area contributed by atoms with Crippen molar-refractivity contribution >= 4 is 0 Å². The normalized spacial score (nSPS) is 11.0. The molecule has 0 aromatic carbocycles. The van der Waals surface area contributed by atoms with Crippen LogP contribution in [0.1, 0.15) is 13.3 Å². The van der Waals surface area contributed by atoms with Gasteiger partial charge in [0.2, 0.25) is 0 Å². The molecule has 0 saturated heterocycles. The number of rotatable bonds is 10. The maximum atomic E-state index is 8.40. The van der Waals surface area contributed by atoms with E-state index in [1.54, 1.807) is 6.26 Å². The average molecular weight is 204 g/mol. The van der Waals surface area contributed by atoms with E-state index in [1.807, 2.05) is 13.0 Å². The second-order valence-corrected chi connectivity index (χ2v) is 2.56. The van der Waals surface area contributed by atoms with Gasteiger partial charge in [-0.3, -0.25) is 0 Å². The number of aliphatic hydroxyl groups excluding tert-OH is 1. The fraction of sp³-hybridized carbons (Fsp3) is 0.800. The topological polar surface area (TPSA) is 47.9 Å². The van der Waals surface area contributed by atoms with Crippen molar-refractivity contribution in [1.29, 1.82) is 0 Å². The lowest BCUT2D eigenvalue weighted by Gasteiger charge is -2.02. The van der Waals surface area contributed by atoms with Crippen LogP contribution in [0.2, 0.25) is 0 Å². The Morgan fingerprint density at radius 3 is 2.43 bits per heavy atom. The van der Waals surface area contributed by atoms with Crippen LogP contribution in [0, 0.1) is 0 Å². The second kappa shape index (κ2) is 12.4. The van der Waals surface area contributed by atoms with Gasteiger partial charge in [0.15, 0.2) is 0 Å². The zero-order chi connectivity index (χ0) is 10.5. The summed E-state index contributed by atoms with van der Waals surface area (Å²) in [5, 5.41) is 8.40. The molecule has 4 nitrogen and oxygen atoms in total. The first kappa shape index (κ1) is 13.4. The molecule has 0 saturated carbocycles. The van der Waals surface area contributed by atoms with E-state index in [4.69, 9.17) is 19.3 Å². The van der Waals surface area contributed by atoms with E-state index in [-0.39, 0.29) is 6.61 Å². The molecule has 0 amide bonds. The Labute approximate surface area is 85.5 Å². The molecule has 0 spiro atoms. The van der Waals surface area contributed by atoms with Crippen molar-refractivity contribution in [3.63, 3.8) is 0 Å². The molecule has 0 fully saturated rings. The standard InChI is InChI=1S/C10H20O4/c1-2-12-6-3-4-7-13-9-10-14-8-5-11/h3,6,11H,2,4-5,7-10H2,1H3/b6-3+. The molecule has 0 bridgehead atoms. The van der Waals surface area contributed by atoms with Crippen LogP contribution >= 0.6 is 0 Å². The fourth-order valence-corrected chi connectivity index (χ4v) is 0.770. The Hall–Kier alpha value is -0.580. The number of hydrogen-bond donors (Lipinski definition) is 1. The smallest absolute Gasteiger partial charge is 0.0845 e. The van der Waals surface area contributed by atoms with Crippen LogP contribution in [-0.2, 0) is 14.2 Å². The van der Waals surface area contributed by atoms with Crippen molar-refractivity contribution in [3.8, 4) is 0 Å². The van der Waals surface area contributed by atoms with Crippen molar-refractivity contribution < 1.29 is 19.3 Å². The summed E-state index contributed by atoms with van der Waals surface area (Å²) in [6, 6.07) is 0. The number of ether oxygens (including phenoxy) is 3. The van der Waals surface area contributed by atoms with E-state index in [0.717, 1.165) is 6.42 Å². The minimum absolute atomic E-state index is 0.0666. The molecule has 0 heterocycles. The molecule has 0 radical (unpaired) electrons. The zero-order valence-electron chi connectivity index (χ0n) is 8.78. The maximum absolute atomic E-state index is 8.40. The molecule has 0 aliphatic carbocycles. The summed E-state index contributed by atoms with van der Waals surface area (Å²) in [5.41, 5.74) is 0. The number of aliphatic hydroxyl groups is 1. The summed E-state index contributed by atoms with van der Waals surface area (Å²) in [7, 11) is 0. The van der Waals surface area contributed by atoms with Gasteiger partial charge in [0.25, 0.3) is 0 Å². The highest BCUT2D eigenvalue weighted by molar-refractivity contribution is 4.72. The molecule has 0 rings (SSSR count). The third-order valence-corrected chi connectivity index (χ3v) is 1.40. The molecule has 4 heteroatoms. The Bertz CT molecular complexity index is 125. The van der Waals surface area contributed by atoms with Crippen LogP contribution in [-0.4, -0.2) is 44.7 Å².